The zero-order chi connectivity index (χ0) is 23.7. The fourth-order valence-corrected chi connectivity index (χ4v) is 4.06. The van der Waals surface area contributed by atoms with E-state index in [0.29, 0.717) is 29.0 Å². The number of ether oxygens (including phenoxy) is 1. The van der Waals surface area contributed by atoms with Gasteiger partial charge in [-0.3, -0.25) is 0 Å². The molecule has 1 N–H and O–H groups in total. The molecule has 2 aliphatic rings. The molecule has 3 heterocycles. The Morgan fingerprint density at radius 2 is 1.76 bits per heavy atom. The van der Waals surface area contributed by atoms with E-state index >= 15 is 0 Å². The minimum absolute atomic E-state index is 0.229. The maximum Gasteiger partial charge on any atom is 0.422 e. The standard InChI is InChI=1S/C15H22F3N5O.C6H6O2S/c16-15(17,18)10-24-14-21-12(9-11-3-5-19-6-4-11)20-13(22-14)23-7-1-2-8-23;7-9(8)6-4-2-1-3-5-6/h11,19H,1-10H2;1-5,9H. The summed E-state index contributed by atoms with van der Waals surface area (Å²) < 4.78 is 62.5. The Labute approximate surface area is 193 Å². The molecule has 0 aliphatic carbocycles. The first-order chi connectivity index (χ1) is 15.8. The van der Waals surface area contributed by atoms with Crippen LogP contribution >= 0.6 is 0 Å². The van der Waals surface area contributed by atoms with Crippen LogP contribution in [0.5, 0.6) is 6.01 Å². The SMILES string of the molecule is FC(F)(F)COc1nc(CC2CCNCC2)nc(N2CCCC2)n1.O=[SH+]([O-])c1ccccc1. The molecule has 1 aromatic carbocycles. The van der Waals surface area contributed by atoms with Crippen LogP contribution < -0.4 is 15.0 Å². The molecule has 1 atom stereocenters. The van der Waals surface area contributed by atoms with Gasteiger partial charge in [0.1, 0.15) is 5.82 Å². The molecule has 1 aromatic heterocycles. The highest BCUT2D eigenvalue weighted by Crippen LogP contribution is 2.23. The second kappa shape index (κ2) is 12.2. The van der Waals surface area contributed by atoms with Crippen LogP contribution in [0.4, 0.5) is 19.1 Å². The summed E-state index contributed by atoms with van der Waals surface area (Å²) in [6, 6.07) is 8.06. The Bertz CT molecular complexity index is 892. The summed E-state index contributed by atoms with van der Waals surface area (Å²) in [5.41, 5.74) is 0. The predicted octanol–water partition coefficient (Wildman–Crippen LogP) is 2.83. The third kappa shape index (κ3) is 8.86. The maximum atomic E-state index is 12.4. The van der Waals surface area contributed by atoms with Crippen molar-refractivity contribution in [2.24, 2.45) is 5.92 Å². The number of aromatic nitrogens is 3. The molecule has 12 heteroatoms. The van der Waals surface area contributed by atoms with Crippen LogP contribution in [-0.4, -0.2) is 58.5 Å². The van der Waals surface area contributed by atoms with E-state index in [4.69, 9.17) is 4.74 Å². The quantitative estimate of drug-likeness (QED) is 0.490. The van der Waals surface area contributed by atoms with Crippen LogP contribution in [0.15, 0.2) is 35.2 Å². The first kappa shape index (κ1) is 25.3. The third-order valence-electron chi connectivity index (χ3n) is 5.30. The van der Waals surface area contributed by atoms with Gasteiger partial charge in [-0.1, -0.05) is 18.2 Å². The van der Waals surface area contributed by atoms with Crippen LogP contribution in [0.1, 0.15) is 31.5 Å². The van der Waals surface area contributed by atoms with Crippen molar-refractivity contribution < 1.29 is 26.7 Å². The van der Waals surface area contributed by atoms with Gasteiger partial charge in [0.2, 0.25) is 5.95 Å². The normalized spacial score (nSPS) is 17.9. The highest BCUT2D eigenvalue weighted by Gasteiger charge is 2.29. The Kier molecular flexibility index (Phi) is 9.39. The second-order valence-electron chi connectivity index (χ2n) is 7.92. The molecule has 0 amide bonds. The summed E-state index contributed by atoms with van der Waals surface area (Å²) in [5.74, 6) is 1.40. The van der Waals surface area contributed by atoms with Crippen LogP contribution in [0.25, 0.3) is 0 Å². The minimum atomic E-state index is -4.41. The lowest BCUT2D eigenvalue weighted by molar-refractivity contribution is -0.154. The highest BCUT2D eigenvalue weighted by molar-refractivity contribution is 7.79. The van der Waals surface area contributed by atoms with Crippen LogP contribution in [0.3, 0.4) is 0 Å². The van der Waals surface area contributed by atoms with Crippen LogP contribution in [0, 0.1) is 5.92 Å². The molecule has 182 valence electrons. The smallest absolute Gasteiger partial charge is 0.422 e. The number of thiol groups is 1. The first-order valence-electron chi connectivity index (χ1n) is 10.9. The van der Waals surface area contributed by atoms with Gasteiger partial charge in [0.15, 0.2) is 11.5 Å². The van der Waals surface area contributed by atoms with Gasteiger partial charge in [-0.15, -0.1) is 4.21 Å². The summed E-state index contributed by atoms with van der Waals surface area (Å²) in [5, 5.41) is 3.29. The molecule has 2 fully saturated rings. The number of nitrogens with one attached hydrogen (secondary N) is 1. The van der Waals surface area contributed by atoms with Crippen molar-refractivity contribution in [2.75, 3.05) is 37.7 Å². The zero-order valence-electron chi connectivity index (χ0n) is 18.1. The number of halogens is 3. The second-order valence-corrected chi connectivity index (χ2v) is 8.95. The monoisotopic (exact) mass is 487 g/mol. The Morgan fingerprint density at radius 1 is 1.09 bits per heavy atom. The summed E-state index contributed by atoms with van der Waals surface area (Å²) in [4.78, 5) is 15.0. The molecule has 1 unspecified atom stereocenters. The van der Waals surface area contributed by atoms with E-state index < -0.39 is 23.9 Å². The van der Waals surface area contributed by atoms with Crippen molar-refractivity contribution in [3.63, 3.8) is 0 Å². The third-order valence-corrected chi connectivity index (χ3v) is 6.02. The van der Waals surface area contributed by atoms with Crippen molar-refractivity contribution >= 4 is 17.0 Å². The molecule has 0 bridgehead atoms. The number of anilines is 1. The van der Waals surface area contributed by atoms with E-state index in [2.05, 4.69) is 20.3 Å². The molecule has 4 rings (SSSR count). The van der Waals surface area contributed by atoms with Crippen LogP contribution in [0.2, 0.25) is 0 Å². The number of alkyl halides is 3. The van der Waals surface area contributed by atoms with Crippen LogP contribution in [-0.2, 0) is 21.7 Å². The molecule has 33 heavy (non-hydrogen) atoms. The Hall–Kier alpha value is -2.31. The van der Waals surface area contributed by atoms with Gasteiger partial charge in [0, 0.05) is 19.5 Å². The van der Waals surface area contributed by atoms with Crippen molar-refractivity contribution in [1.82, 2.24) is 20.3 Å². The van der Waals surface area contributed by atoms with E-state index in [1.165, 1.54) is 0 Å². The van der Waals surface area contributed by atoms with Crippen molar-refractivity contribution in [3.05, 3.63) is 36.2 Å². The lowest BCUT2D eigenvalue weighted by atomic mass is 9.94. The van der Waals surface area contributed by atoms with E-state index in [1.807, 2.05) is 4.90 Å². The van der Waals surface area contributed by atoms with Crippen molar-refractivity contribution in [3.8, 4) is 6.01 Å². The van der Waals surface area contributed by atoms with Crippen molar-refractivity contribution in [1.29, 1.82) is 0 Å². The van der Waals surface area contributed by atoms with E-state index in [-0.39, 0.29) is 6.01 Å². The van der Waals surface area contributed by atoms with Gasteiger partial charge in [0.05, 0.1) is 11.1 Å². The number of rotatable bonds is 6. The first-order valence-corrected chi connectivity index (χ1v) is 12.1. The summed E-state index contributed by atoms with van der Waals surface area (Å²) in [7, 11) is 0. The lowest BCUT2D eigenvalue weighted by Gasteiger charge is -2.22. The fraction of sp³-hybridized carbons (Fsp3) is 0.571. The molecule has 0 saturated carbocycles. The Morgan fingerprint density at radius 3 is 2.33 bits per heavy atom. The fourth-order valence-electron chi connectivity index (χ4n) is 3.64. The summed E-state index contributed by atoms with van der Waals surface area (Å²) >= 11 is -2.40. The van der Waals surface area contributed by atoms with E-state index in [0.717, 1.165) is 51.9 Å². The number of hydrogen-bond donors (Lipinski definition) is 1. The number of nitrogens with zero attached hydrogens (tertiary/aromatic N) is 4. The van der Waals surface area contributed by atoms with Gasteiger partial charge >= 0.3 is 12.2 Å². The molecule has 2 saturated heterocycles. The topological polar surface area (TPSA) is 103 Å². The average Bonchev–Trinajstić information content (AvgIpc) is 3.34. The molecule has 2 aliphatic heterocycles. The lowest BCUT2D eigenvalue weighted by Crippen LogP contribution is -2.29. The minimum Gasteiger partial charge on any atom is -0.612 e. The van der Waals surface area contributed by atoms with Gasteiger partial charge in [-0.25, -0.2) is 0 Å². The van der Waals surface area contributed by atoms with Gasteiger partial charge in [-0.05, 0) is 56.8 Å². The van der Waals surface area contributed by atoms with E-state index in [9.17, 15) is 21.9 Å². The van der Waals surface area contributed by atoms with E-state index in [1.54, 1.807) is 30.3 Å². The highest BCUT2D eigenvalue weighted by atomic mass is 32.2. The average molecular weight is 488 g/mol. The molecule has 0 spiro atoms. The van der Waals surface area contributed by atoms with Crippen molar-refractivity contribution in [2.45, 2.75) is 43.2 Å². The van der Waals surface area contributed by atoms with Gasteiger partial charge in [0.25, 0.3) is 0 Å². The zero-order valence-corrected chi connectivity index (χ0v) is 19.0. The Balaban J connectivity index is 0.000000286. The summed E-state index contributed by atoms with van der Waals surface area (Å²) in [6.07, 6.45) is 0.345. The van der Waals surface area contributed by atoms with Gasteiger partial charge in [-0.2, -0.15) is 28.1 Å². The molecular weight excluding hydrogens is 459 g/mol. The molecule has 2 aromatic rings. The molecule has 0 radical (unpaired) electrons. The summed E-state index contributed by atoms with van der Waals surface area (Å²) in [6.45, 7) is 2.15. The molecule has 8 nitrogen and oxygen atoms in total. The number of piperidine rings is 1. The predicted molar refractivity (Wildman–Crippen MR) is 117 cm³/mol. The van der Waals surface area contributed by atoms with Gasteiger partial charge < -0.3 is 19.5 Å². The largest absolute Gasteiger partial charge is 0.612 e. The number of benzene rings is 1. The molecular formula is C21H28F3N5O3S. The number of hydrogen-bond acceptors (Lipinski definition) is 8. The maximum absolute atomic E-state index is 12.4.